The lowest BCUT2D eigenvalue weighted by Crippen LogP contribution is -2.19. The topological polar surface area (TPSA) is 106 Å². The number of aromatic nitrogens is 2. The summed E-state index contributed by atoms with van der Waals surface area (Å²) in [6.07, 6.45) is 0. The van der Waals surface area contributed by atoms with E-state index in [1.165, 1.54) is 13.0 Å². The van der Waals surface area contributed by atoms with Gasteiger partial charge in [0.15, 0.2) is 5.56 Å². The summed E-state index contributed by atoms with van der Waals surface area (Å²) in [5.74, 6) is -2.44. The third-order valence-electron chi connectivity index (χ3n) is 3.82. The third kappa shape index (κ3) is 2.26. The van der Waals surface area contributed by atoms with Gasteiger partial charge in [-0.05, 0) is 37.6 Å². The molecule has 6 nitrogen and oxygen atoms in total. The molecule has 0 spiro atoms. The lowest BCUT2D eigenvalue weighted by molar-refractivity contribution is 0.0691. The van der Waals surface area contributed by atoms with Crippen molar-refractivity contribution >= 4 is 16.9 Å². The molecule has 1 aromatic carbocycles. The van der Waals surface area contributed by atoms with Crippen molar-refractivity contribution in [3.05, 3.63) is 51.1 Å². The zero-order chi connectivity index (χ0) is 16.9. The molecule has 0 aliphatic carbocycles. The van der Waals surface area contributed by atoms with Crippen LogP contribution in [0.3, 0.4) is 0 Å². The van der Waals surface area contributed by atoms with Gasteiger partial charge in [-0.25, -0.2) is 9.18 Å². The van der Waals surface area contributed by atoms with E-state index in [9.17, 15) is 19.1 Å². The Morgan fingerprint density at radius 3 is 2.52 bits per heavy atom. The Morgan fingerprint density at radius 2 is 1.87 bits per heavy atom. The van der Waals surface area contributed by atoms with E-state index in [0.717, 1.165) is 0 Å². The summed E-state index contributed by atoms with van der Waals surface area (Å²) in [7, 11) is 0. The number of pyridine rings is 1. The SMILES string of the molecule is Cc1cc2[nH]c(-c3[nH]c(=O)c(C(=O)O)c(O)c3C)cc2cc1F. The van der Waals surface area contributed by atoms with Crippen molar-refractivity contribution in [2.75, 3.05) is 0 Å². The Bertz CT molecular complexity index is 978. The van der Waals surface area contributed by atoms with E-state index >= 15 is 0 Å². The number of aryl methyl sites for hydroxylation is 1. The molecule has 0 aliphatic rings. The third-order valence-corrected chi connectivity index (χ3v) is 3.82. The zero-order valence-corrected chi connectivity index (χ0v) is 12.3. The highest BCUT2D eigenvalue weighted by molar-refractivity contribution is 5.92. The molecule has 0 unspecified atom stereocenters. The largest absolute Gasteiger partial charge is 0.506 e. The first-order chi connectivity index (χ1) is 10.8. The van der Waals surface area contributed by atoms with Gasteiger partial charge in [-0.2, -0.15) is 0 Å². The molecular formula is C16H13FN2O4. The Balaban J connectivity index is 2.27. The first-order valence-corrected chi connectivity index (χ1v) is 6.78. The van der Waals surface area contributed by atoms with Gasteiger partial charge in [0, 0.05) is 16.5 Å². The molecule has 0 amide bonds. The number of H-pyrrole nitrogens is 2. The monoisotopic (exact) mass is 316 g/mol. The predicted octanol–water partition coefficient (Wildman–Crippen LogP) is 2.68. The molecule has 0 fully saturated rings. The highest BCUT2D eigenvalue weighted by atomic mass is 19.1. The van der Waals surface area contributed by atoms with E-state index in [-0.39, 0.29) is 17.1 Å². The van der Waals surface area contributed by atoms with Crippen LogP contribution in [0.1, 0.15) is 21.5 Å². The number of carboxylic acid groups (broad SMARTS) is 1. The second kappa shape index (κ2) is 4.98. The summed E-state index contributed by atoms with van der Waals surface area (Å²) < 4.78 is 13.6. The fourth-order valence-corrected chi connectivity index (χ4v) is 2.55. The Hall–Kier alpha value is -3.09. The normalized spacial score (nSPS) is 11.1. The van der Waals surface area contributed by atoms with E-state index in [0.29, 0.717) is 22.2 Å². The van der Waals surface area contributed by atoms with Crippen LogP contribution in [0.4, 0.5) is 4.39 Å². The van der Waals surface area contributed by atoms with Crippen molar-refractivity contribution in [3.8, 4) is 17.1 Å². The smallest absolute Gasteiger partial charge is 0.345 e. The summed E-state index contributed by atoms with van der Waals surface area (Å²) in [6, 6.07) is 4.62. The number of aromatic hydroxyl groups is 1. The molecule has 0 saturated carbocycles. The minimum absolute atomic E-state index is 0.214. The van der Waals surface area contributed by atoms with E-state index in [2.05, 4.69) is 9.97 Å². The summed E-state index contributed by atoms with van der Waals surface area (Å²) >= 11 is 0. The van der Waals surface area contributed by atoms with Crippen LogP contribution in [-0.2, 0) is 0 Å². The van der Waals surface area contributed by atoms with Gasteiger partial charge >= 0.3 is 5.97 Å². The van der Waals surface area contributed by atoms with Crippen LogP contribution in [0.15, 0.2) is 23.0 Å². The van der Waals surface area contributed by atoms with Gasteiger partial charge in [0.05, 0.1) is 11.4 Å². The maximum Gasteiger partial charge on any atom is 0.345 e. The molecule has 3 rings (SSSR count). The van der Waals surface area contributed by atoms with Crippen molar-refractivity contribution in [2.45, 2.75) is 13.8 Å². The molecule has 2 aromatic heterocycles. The highest BCUT2D eigenvalue weighted by Gasteiger charge is 2.21. The molecule has 0 saturated heterocycles. The number of carboxylic acids is 1. The first-order valence-electron chi connectivity index (χ1n) is 6.78. The molecule has 2 heterocycles. The minimum atomic E-state index is -1.51. The number of fused-ring (bicyclic) bond motifs is 1. The number of nitrogens with one attached hydrogen (secondary N) is 2. The summed E-state index contributed by atoms with van der Waals surface area (Å²) in [4.78, 5) is 28.4. The molecule has 23 heavy (non-hydrogen) atoms. The zero-order valence-electron chi connectivity index (χ0n) is 12.3. The van der Waals surface area contributed by atoms with Crippen LogP contribution >= 0.6 is 0 Å². The van der Waals surface area contributed by atoms with Gasteiger partial charge in [0.2, 0.25) is 0 Å². The van der Waals surface area contributed by atoms with Gasteiger partial charge < -0.3 is 20.2 Å². The fourth-order valence-electron chi connectivity index (χ4n) is 2.55. The molecule has 118 valence electrons. The Kier molecular flexibility index (Phi) is 3.21. The average Bonchev–Trinajstić information content (AvgIpc) is 2.85. The van der Waals surface area contributed by atoms with Crippen molar-refractivity contribution < 1.29 is 19.4 Å². The second-order valence-corrected chi connectivity index (χ2v) is 5.35. The first kappa shape index (κ1) is 14.8. The highest BCUT2D eigenvalue weighted by Crippen LogP contribution is 2.30. The molecule has 0 atom stereocenters. The van der Waals surface area contributed by atoms with Crippen LogP contribution < -0.4 is 5.56 Å². The Labute approximate surface area is 129 Å². The van der Waals surface area contributed by atoms with Gasteiger partial charge in [-0.3, -0.25) is 4.79 Å². The number of carbonyl (C=O) groups is 1. The van der Waals surface area contributed by atoms with E-state index in [1.807, 2.05) is 0 Å². The molecule has 7 heteroatoms. The van der Waals surface area contributed by atoms with Gasteiger partial charge in [0.25, 0.3) is 5.56 Å². The average molecular weight is 316 g/mol. The number of aromatic amines is 2. The molecular weight excluding hydrogens is 303 g/mol. The van der Waals surface area contributed by atoms with Crippen molar-refractivity contribution in [2.24, 2.45) is 0 Å². The number of halogens is 1. The van der Waals surface area contributed by atoms with Gasteiger partial charge in [-0.15, -0.1) is 0 Å². The van der Waals surface area contributed by atoms with Gasteiger partial charge in [0.1, 0.15) is 11.6 Å². The second-order valence-electron chi connectivity index (χ2n) is 5.35. The molecule has 3 aromatic rings. The summed E-state index contributed by atoms with van der Waals surface area (Å²) in [5, 5.41) is 19.6. The van der Waals surface area contributed by atoms with E-state index in [4.69, 9.17) is 5.11 Å². The maximum atomic E-state index is 13.6. The quantitative estimate of drug-likeness (QED) is 0.583. The number of hydrogen-bond acceptors (Lipinski definition) is 3. The number of aromatic carboxylic acids is 1. The van der Waals surface area contributed by atoms with Crippen LogP contribution in [0.25, 0.3) is 22.3 Å². The van der Waals surface area contributed by atoms with Crippen LogP contribution in [0.5, 0.6) is 5.75 Å². The minimum Gasteiger partial charge on any atom is -0.506 e. The predicted molar refractivity (Wildman–Crippen MR) is 82.4 cm³/mol. The van der Waals surface area contributed by atoms with Crippen LogP contribution in [0.2, 0.25) is 0 Å². The summed E-state index contributed by atoms with van der Waals surface area (Å²) in [6.45, 7) is 3.13. The van der Waals surface area contributed by atoms with E-state index < -0.39 is 22.8 Å². The fraction of sp³-hybridized carbons (Fsp3) is 0.125. The lowest BCUT2D eigenvalue weighted by Gasteiger charge is -2.08. The number of hydrogen-bond donors (Lipinski definition) is 4. The van der Waals surface area contributed by atoms with Crippen molar-refractivity contribution in [3.63, 3.8) is 0 Å². The molecule has 0 bridgehead atoms. The molecule has 0 aliphatic heterocycles. The standard InChI is InChI=1S/C16H13FN2O4/c1-6-3-10-8(4-9(6)17)5-11(18-10)13-7(2)14(20)12(16(22)23)15(21)19-13/h3-5,18H,1-2H3,(H,22,23)(H2,19,20,21). The maximum absolute atomic E-state index is 13.6. The summed E-state index contributed by atoms with van der Waals surface area (Å²) in [5.41, 5.74) is 0.450. The Morgan fingerprint density at radius 1 is 1.17 bits per heavy atom. The van der Waals surface area contributed by atoms with Gasteiger partial charge in [-0.1, -0.05) is 0 Å². The number of benzene rings is 1. The number of rotatable bonds is 2. The van der Waals surface area contributed by atoms with Crippen LogP contribution in [0, 0.1) is 19.7 Å². The molecule has 0 radical (unpaired) electrons. The van der Waals surface area contributed by atoms with Crippen LogP contribution in [-0.4, -0.2) is 26.2 Å². The van der Waals surface area contributed by atoms with Crippen molar-refractivity contribution in [1.82, 2.24) is 9.97 Å². The lowest BCUT2D eigenvalue weighted by atomic mass is 10.1. The molecule has 4 N–H and O–H groups in total. The van der Waals surface area contributed by atoms with E-state index in [1.54, 1.807) is 19.1 Å². The van der Waals surface area contributed by atoms with Crippen molar-refractivity contribution in [1.29, 1.82) is 0 Å².